The number of aromatic nitrogens is 2. The van der Waals surface area contributed by atoms with Crippen molar-refractivity contribution < 1.29 is 19.1 Å². The molecule has 0 unspecified atom stereocenters. The molecule has 0 spiro atoms. The third kappa shape index (κ3) is 5.52. The fourth-order valence-electron chi connectivity index (χ4n) is 2.58. The van der Waals surface area contributed by atoms with Crippen molar-refractivity contribution in [3.05, 3.63) is 83.7 Å². The largest absolute Gasteiger partial charge is 0.468 e. The van der Waals surface area contributed by atoms with Gasteiger partial charge in [0.1, 0.15) is 6.54 Å². The van der Waals surface area contributed by atoms with Crippen molar-refractivity contribution in [3.8, 4) is 0 Å². The van der Waals surface area contributed by atoms with Gasteiger partial charge in [-0.2, -0.15) is 5.10 Å². The van der Waals surface area contributed by atoms with Crippen LogP contribution in [0.25, 0.3) is 0 Å². The molecule has 8 nitrogen and oxygen atoms in total. The second-order valence-electron chi connectivity index (χ2n) is 6.19. The highest BCUT2D eigenvalue weighted by atomic mass is 16.5. The standard InChI is InChI=1S/C21H20N4O4/c1-29-19(26)13-22-20(27)16-7-9-18(10-8-16)24-21(28)17-5-3-15(4-6-17)14-25-12-2-11-23-25/h2-12H,13-14H2,1H3,(H,22,27)(H,24,28). The van der Waals surface area contributed by atoms with Gasteiger partial charge in [0.15, 0.2) is 0 Å². The Morgan fingerprint density at radius 1 is 0.966 bits per heavy atom. The third-order valence-corrected chi connectivity index (χ3v) is 4.15. The zero-order chi connectivity index (χ0) is 20.6. The summed E-state index contributed by atoms with van der Waals surface area (Å²) in [6, 6.07) is 15.5. The zero-order valence-corrected chi connectivity index (χ0v) is 15.8. The van der Waals surface area contributed by atoms with Gasteiger partial charge < -0.3 is 15.4 Å². The van der Waals surface area contributed by atoms with E-state index in [0.717, 1.165) is 5.56 Å². The molecule has 0 atom stereocenters. The van der Waals surface area contributed by atoms with Crippen molar-refractivity contribution in [2.75, 3.05) is 19.0 Å². The summed E-state index contributed by atoms with van der Waals surface area (Å²) < 4.78 is 6.27. The average Bonchev–Trinajstić information content (AvgIpc) is 3.25. The van der Waals surface area contributed by atoms with Gasteiger partial charge in [0, 0.05) is 29.2 Å². The van der Waals surface area contributed by atoms with E-state index in [2.05, 4.69) is 20.5 Å². The Morgan fingerprint density at radius 3 is 2.24 bits per heavy atom. The van der Waals surface area contributed by atoms with E-state index in [4.69, 9.17) is 0 Å². The lowest BCUT2D eigenvalue weighted by atomic mass is 10.1. The molecular weight excluding hydrogens is 372 g/mol. The molecule has 0 bridgehead atoms. The first-order valence-electron chi connectivity index (χ1n) is 8.88. The second kappa shape index (κ2) is 9.32. The number of esters is 1. The Bertz CT molecular complexity index is 981. The number of ether oxygens (including phenoxy) is 1. The lowest BCUT2D eigenvalue weighted by Crippen LogP contribution is -2.30. The zero-order valence-electron chi connectivity index (χ0n) is 15.8. The summed E-state index contributed by atoms with van der Waals surface area (Å²) in [4.78, 5) is 35.4. The van der Waals surface area contributed by atoms with Crippen LogP contribution in [0.3, 0.4) is 0 Å². The van der Waals surface area contributed by atoms with Crippen LogP contribution in [0, 0.1) is 0 Å². The van der Waals surface area contributed by atoms with Crippen molar-refractivity contribution in [1.29, 1.82) is 0 Å². The fourth-order valence-corrected chi connectivity index (χ4v) is 2.58. The maximum Gasteiger partial charge on any atom is 0.325 e. The molecule has 0 aliphatic heterocycles. The Balaban J connectivity index is 1.56. The number of benzene rings is 2. The van der Waals surface area contributed by atoms with Crippen LogP contribution in [-0.2, 0) is 16.1 Å². The first-order chi connectivity index (χ1) is 14.0. The fraction of sp³-hybridized carbons (Fsp3) is 0.143. The number of carbonyl (C=O) groups excluding carboxylic acids is 3. The minimum atomic E-state index is -0.530. The summed E-state index contributed by atoms with van der Waals surface area (Å²) in [7, 11) is 1.25. The van der Waals surface area contributed by atoms with E-state index in [1.807, 2.05) is 24.4 Å². The van der Waals surface area contributed by atoms with Crippen LogP contribution in [0.4, 0.5) is 5.69 Å². The van der Waals surface area contributed by atoms with Crippen molar-refractivity contribution >= 4 is 23.5 Å². The SMILES string of the molecule is COC(=O)CNC(=O)c1ccc(NC(=O)c2ccc(Cn3cccn3)cc2)cc1. The molecule has 0 saturated carbocycles. The molecule has 8 heteroatoms. The number of nitrogens with zero attached hydrogens (tertiary/aromatic N) is 2. The first-order valence-corrected chi connectivity index (χ1v) is 8.88. The van der Waals surface area contributed by atoms with E-state index in [1.54, 1.807) is 47.3 Å². The Labute approximate surface area is 167 Å². The van der Waals surface area contributed by atoms with Crippen molar-refractivity contribution in [2.45, 2.75) is 6.54 Å². The number of nitrogens with one attached hydrogen (secondary N) is 2. The maximum absolute atomic E-state index is 12.4. The van der Waals surface area contributed by atoms with Gasteiger partial charge in [-0.15, -0.1) is 0 Å². The Morgan fingerprint density at radius 2 is 1.62 bits per heavy atom. The summed E-state index contributed by atoms with van der Waals surface area (Å²) in [5, 5.41) is 9.39. The lowest BCUT2D eigenvalue weighted by molar-refractivity contribution is -0.139. The molecule has 2 aromatic carbocycles. The molecule has 2 amide bonds. The number of hydrogen-bond acceptors (Lipinski definition) is 5. The number of anilines is 1. The highest BCUT2D eigenvalue weighted by Gasteiger charge is 2.10. The molecule has 1 heterocycles. The summed E-state index contributed by atoms with van der Waals surface area (Å²) >= 11 is 0. The molecule has 0 fully saturated rings. The van der Waals surface area contributed by atoms with Crippen molar-refractivity contribution in [1.82, 2.24) is 15.1 Å². The van der Waals surface area contributed by atoms with E-state index in [1.165, 1.54) is 7.11 Å². The predicted octanol–water partition coefficient (Wildman–Crippen LogP) is 2.09. The van der Waals surface area contributed by atoms with Gasteiger partial charge in [-0.05, 0) is 48.0 Å². The monoisotopic (exact) mass is 392 g/mol. The third-order valence-electron chi connectivity index (χ3n) is 4.15. The molecular formula is C21H20N4O4. The van der Waals surface area contributed by atoms with E-state index >= 15 is 0 Å². The molecule has 2 N–H and O–H groups in total. The quantitative estimate of drug-likeness (QED) is 0.600. The number of rotatable bonds is 7. The topological polar surface area (TPSA) is 102 Å². The summed E-state index contributed by atoms with van der Waals surface area (Å²) in [6.07, 6.45) is 3.59. The summed E-state index contributed by atoms with van der Waals surface area (Å²) in [5.74, 6) is -1.18. The number of methoxy groups -OCH3 is 1. The second-order valence-corrected chi connectivity index (χ2v) is 6.19. The van der Waals surface area contributed by atoms with E-state index in [9.17, 15) is 14.4 Å². The Kier molecular flexibility index (Phi) is 6.36. The smallest absolute Gasteiger partial charge is 0.325 e. The number of amides is 2. The summed E-state index contributed by atoms with van der Waals surface area (Å²) in [6.45, 7) is 0.429. The van der Waals surface area contributed by atoms with Crippen LogP contribution >= 0.6 is 0 Å². The molecule has 0 aliphatic rings. The van der Waals surface area contributed by atoms with Gasteiger partial charge in [-0.1, -0.05) is 12.1 Å². The average molecular weight is 392 g/mol. The van der Waals surface area contributed by atoms with Crippen molar-refractivity contribution in [3.63, 3.8) is 0 Å². The minimum absolute atomic E-state index is 0.204. The van der Waals surface area contributed by atoms with Crippen molar-refractivity contribution in [2.24, 2.45) is 0 Å². The molecule has 3 aromatic rings. The normalized spacial score (nSPS) is 10.2. The first kappa shape index (κ1) is 19.8. The lowest BCUT2D eigenvalue weighted by Gasteiger charge is -2.08. The molecule has 1 aromatic heterocycles. The van der Waals surface area contributed by atoms with Crippen LogP contribution in [0.15, 0.2) is 67.0 Å². The van der Waals surface area contributed by atoms with Gasteiger partial charge >= 0.3 is 5.97 Å². The number of carbonyl (C=O) groups is 3. The van der Waals surface area contributed by atoms with Crippen LogP contribution < -0.4 is 10.6 Å². The highest BCUT2D eigenvalue weighted by Crippen LogP contribution is 2.13. The molecule has 0 aliphatic carbocycles. The van der Waals surface area contributed by atoms with Crippen LogP contribution in [0.1, 0.15) is 26.3 Å². The van der Waals surface area contributed by atoms with E-state index < -0.39 is 11.9 Å². The van der Waals surface area contributed by atoms with Gasteiger partial charge in [0.2, 0.25) is 0 Å². The highest BCUT2D eigenvalue weighted by molar-refractivity contribution is 6.04. The van der Waals surface area contributed by atoms with Crippen LogP contribution in [0.2, 0.25) is 0 Å². The van der Waals surface area contributed by atoms with Crippen LogP contribution in [-0.4, -0.2) is 41.2 Å². The maximum atomic E-state index is 12.4. The van der Waals surface area contributed by atoms with E-state index in [0.29, 0.717) is 23.4 Å². The number of hydrogen-bond donors (Lipinski definition) is 2. The van der Waals surface area contributed by atoms with Crippen LogP contribution in [0.5, 0.6) is 0 Å². The van der Waals surface area contributed by atoms with Gasteiger partial charge in [0.05, 0.1) is 13.7 Å². The van der Waals surface area contributed by atoms with E-state index in [-0.39, 0.29) is 12.5 Å². The molecule has 148 valence electrons. The predicted molar refractivity (Wildman–Crippen MR) is 107 cm³/mol. The molecule has 0 saturated heterocycles. The molecule has 0 radical (unpaired) electrons. The van der Waals surface area contributed by atoms with Gasteiger partial charge in [-0.3, -0.25) is 19.1 Å². The minimum Gasteiger partial charge on any atom is -0.468 e. The Hall–Kier alpha value is -3.94. The molecule has 29 heavy (non-hydrogen) atoms. The summed E-state index contributed by atoms with van der Waals surface area (Å²) in [5.41, 5.74) is 2.48. The molecule has 3 rings (SSSR count). The van der Waals surface area contributed by atoms with Gasteiger partial charge in [0.25, 0.3) is 11.8 Å². The van der Waals surface area contributed by atoms with Gasteiger partial charge in [-0.25, -0.2) is 0 Å².